The van der Waals surface area contributed by atoms with Gasteiger partial charge in [0.1, 0.15) is 11.4 Å². The second-order valence-electron chi connectivity index (χ2n) is 10.5. The fourth-order valence-electron chi connectivity index (χ4n) is 5.75. The van der Waals surface area contributed by atoms with E-state index < -0.39 is 0 Å². The average Bonchev–Trinajstić information content (AvgIpc) is 3.29. The second-order valence-corrected chi connectivity index (χ2v) is 10.5. The molecule has 3 heterocycles. The maximum absolute atomic E-state index is 12.6. The van der Waals surface area contributed by atoms with E-state index in [2.05, 4.69) is 71.0 Å². The molecule has 1 aliphatic heterocycles. The van der Waals surface area contributed by atoms with Gasteiger partial charge < -0.3 is 13.9 Å². The van der Waals surface area contributed by atoms with Crippen molar-refractivity contribution < 1.29 is 9.21 Å². The number of hydrogen-bond donors (Lipinski definition) is 0. The number of para-hydroxylation sites is 1. The number of imidazole rings is 1. The summed E-state index contributed by atoms with van der Waals surface area (Å²) in [4.78, 5) is 19.8. The quantitative estimate of drug-likeness (QED) is 0.285. The van der Waals surface area contributed by atoms with Gasteiger partial charge in [0.2, 0.25) is 5.91 Å². The Morgan fingerprint density at radius 1 is 0.972 bits per heavy atom. The van der Waals surface area contributed by atoms with Crippen LogP contribution in [0.15, 0.2) is 77.4 Å². The number of aryl methyl sites for hydroxylation is 1. The largest absolute Gasteiger partial charge is 0.464 e. The lowest BCUT2D eigenvalue weighted by atomic mass is 10.0. The van der Waals surface area contributed by atoms with Gasteiger partial charge in [0.25, 0.3) is 0 Å². The lowest BCUT2D eigenvalue weighted by Gasteiger charge is -2.18. The van der Waals surface area contributed by atoms with Gasteiger partial charge in [-0.25, -0.2) is 4.98 Å². The van der Waals surface area contributed by atoms with E-state index in [4.69, 9.17) is 9.40 Å². The van der Waals surface area contributed by atoms with Crippen molar-refractivity contribution in [1.29, 1.82) is 0 Å². The molecule has 0 N–H and O–H groups in total. The number of carbonyl (C=O) groups excluding carboxylic acids is 1. The zero-order chi connectivity index (χ0) is 24.2. The molecule has 1 saturated carbocycles. The van der Waals surface area contributed by atoms with Gasteiger partial charge in [-0.1, -0.05) is 42.5 Å². The molecule has 1 aliphatic carbocycles. The van der Waals surface area contributed by atoms with Gasteiger partial charge in [0.05, 0.1) is 17.3 Å². The molecule has 1 saturated heterocycles. The lowest BCUT2D eigenvalue weighted by Crippen LogP contribution is -2.30. The molecule has 36 heavy (non-hydrogen) atoms. The minimum atomic E-state index is 0.295. The molecule has 2 aliphatic rings. The van der Waals surface area contributed by atoms with Crippen LogP contribution in [0.25, 0.3) is 44.5 Å². The summed E-state index contributed by atoms with van der Waals surface area (Å²) in [6.45, 7) is 4.79. The Balaban J connectivity index is 1.22. The molecule has 0 radical (unpaired) electrons. The summed E-state index contributed by atoms with van der Waals surface area (Å²) in [5.74, 6) is 2.12. The molecule has 1 amide bonds. The van der Waals surface area contributed by atoms with E-state index in [0.29, 0.717) is 17.7 Å². The summed E-state index contributed by atoms with van der Waals surface area (Å²) in [6.07, 6.45) is 4.93. The third-order valence-corrected chi connectivity index (χ3v) is 7.86. The first-order chi connectivity index (χ1) is 17.6. The van der Waals surface area contributed by atoms with Crippen LogP contribution in [0.4, 0.5) is 0 Å². The second kappa shape index (κ2) is 8.37. The maximum atomic E-state index is 12.6. The maximum Gasteiger partial charge on any atom is 0.225 e. The number of benzene rings is 3. The molecule has 0 spiro atoms. The van der Waals surface area contributed by atoms with Crippen molar-refractivity contribution in [3.8, 4) is 22.5 Å². The summed E-state index contributed by atoms with van der Waals surface area (Å²) < 4.78 is 7.89. The molecule has 0 bridgehead atoms. The molecule has 5 aromatic rings. The van der Waals surface area contributed by atoms with E-state index >= 15 is 0 Å². The number of hydrogen-bond acceptors (Lipinski definition) is 3. The highest BCUT2D eigenvalue weighted by atomic mass is 16.3. The van der Waals surface area contributed by atoms with Crippen molar-refractivity contribution in [2.24, 2.45) is 11.8 Å². The third kappa shape index (κ3) is 3.70. The summed E-state index contributed by atoms with van der Waals surface area (Å²) in [5.41, 5.74) is 7.83. The van der Waals surface area contributed by atoms with E-state index in [1.165, 1.54) is 22.2 Å². The molecule has 5 nitrogen and oxygen atoms in total. The molecular weight excluding hydrogens is 446 g/mol. The Hall–Kier alpha value is -3.86. The van der Waals surface area contributed by atoms with Crippen LogP contribution in [-0.2, 0) is 11.3 Å². The van der Waals surface area contributed by atoms with E-state index in [1.54, 1.807) is 6.26 Å². The minimum absolute atomic E-state index is 0.295. The number of furan rings is 1. The van der Waals surface area contributed by atoms with Crippen LogP contribution in [0.1, 0.15) is 24.8 Å². The van der Waals surface area contributed by atoms with Gasteiger partial charge in [-0.05, 0) is 73.1 Å². The Bertz CT molecular complexity index is 1590. The Labute approximate surface area is 210 Å². The fourth-order valence-corrected chi connectivity index (χ4v) is 5.75. The number of rotatable bonds is 5. The van der Waals surface area contributed by atoms with Crippen molar-refractivity contribution in [1.82, 2.24) is 14.5 Å². The van der Waals surface area contributed by atoms with Crippen LogP contribution in [0.2, 0.25) is 0 Å². The summed E-state index contributed by atoms with van der Waals surface area (Å²) in [7, 11) is 0. The van der Waals surface area contributed by atoms with Crippen molar-refractivity contribution in [3.05, 3.63) is 78.6 Å². The molecule has 1 atom stereocenters. The van der Waals surface area contributed by atoms with Gasteiger partial charge in [0.15, 0.2) is 0 Å². The minimum Gasteiger partial charge on any atom is -0.464 e. The van der Waals surface area contributed by atoms with E-state index in [1.807, 2.05) is 12.1 Å². The molecule has 5 heteroatoms. The van der Waals surface area contributed by atoms with Crippen molar-refractivity contribution in [2.45, 2.75) is 32.7 Å². The third-order valence-electron chi connectivity index (χ3n) is 7.86. The summed E-state index contributed by atoms with van der Waals surface area (Å²) >= 11 is 0. The number of amides is 1. The van der Waals surface area contributed by atoms with Gasteiger partial charge in [0, 0.05) is 36.5 Å². The van der Waals surface area contributed by atoms with Gasteiger partial charge in [-0.2, -0.15) is 0 Å². The Morgan fingerprint density at radius 3 is 2.61 bits per heavy atom. The zero-order valence-corrected chi connectivity index (χ0v) is 20.5. The summed E-state index contributed by atoms with van der Waals surface area (Å²) in [5, 5.41) is 1.11. The molecule has 3 aromatic carbocycles. The molecule has 2 fully saturated rings. The normalized spacial score (nSPS) is 17.9. The smallest absolute Gasteiger partial charge is 0.225 e. The first-order valence-electron chi connectivity index (χ1n) is 13.0. The van der Waals surface area contributed by atoms with Crippen LogP contribution in [0.3, 0.4) is 0 Å². The molecule has 7 rings (SSSR count). The number of carbonyl (C=O) groups is 1. The topological polar surface area (TPSA) is 51.3 Å². The van der Waals surface area contributed by atoms with Crippen molar-refractivity contribution >= 4 is 27.9 Å². The number of nitrogens with zero attached hydrogens (tertiary/aromatic N) is 3. The predicted octanol–water partition coefficient (Wildman–Crippen LogP) is 6.68. The Morgan fingerprint density at radius 2 is 1.78 bits per heavy atom. The highest BCUT2D eigenvalue weighted by molar-refractivity contribution is 5.86. The first kappa shape index (κ1) is 21.4. The highest BCUT2D eigenvalue weighted by Gasteiger charge is 2.36. The van der Waals surface area contributed by atoms with Crippen LogP contribution < -0.4 is 0 Å². The van der Waals surface area contributed by atoms with E-state index in [0.717, 1.165) is 66.8 Å². The van der Waals surface area contributed by atoms with Crippen LogP contribution in [-0.4, -0.2) is 33.4 Å². The lowest BCUT2D eigenvalue weighted by molar-refractivity contribution is -0.131. The number of fused-ring (bicyclic) bond motifs is 2. The van der Waals surface area contributed by atoms with Crippen molar-refractivity contribution in [3.63, 3.8) is 0 Å². The number of likely N-dealkylation sites (tertiary alicyclic amines) is 1. The molecule has 1 unspecified atom stereocenters. The zero-order valence-electron chi connectivity index (χ0n) is 20.5. The monoisotopic (exact) mass is 475 g/mol. The van der Waals surface area contributed by atoms with Gasteiger partial charge in [-0.3, -0.25) is 4.79 Å². The van der Waals surface area contributed by atoms with E-state index in [-0.39, 0.29) is 0 Å². The standard InChI is InChI=1S/C31H29N3O2/c1-20-3-2-4-27-29(20)34(19-21-13-15-33(18-21)31(35)24-9-10-24)30(32-27)23-7-5-22(6-8-23)25-11-12-28-26(17-25)14-16-36-28/h2-8,11-12,14,16-17,21,24H,9-10,13,15,18-19H2,1H3. The van der Waals surface area contributed by atoms with E-state index in [9.17, 15) is 4.79 Å². The molecular formula is C31H29N3O2. The molecule has 2 aromatic heterocycles. The average molecular weight is 476 g/mol. The SMILES string of the molecule is Cc1cccc2nc(-c3ccc(-c4ccc5occc5c4)cc3)n(CC3CCN(C(=O)C4CC4)C3)c12. The van der Waals surface area contributed by atoms with Crippen LogP contribution >= 0.6 is 0 Å². The van der Waals surface area contributed by atoms with Gasteiger partial charge in [-0.15, -0.1) is 0 Å². The van der Waals surface area contributed by atoms with Crippen LogP contribution in [0.5, 0.6) is 0 Å². The molecule has 180 valence electrons. The fraction of sp³-hybridized carbons (Fsp3) is 0.290. The van der Waals surface area contributed by atoms with Crippen molar-refractivity contribution in [2.75, 3.05) is 13.1 Å². The highest BCUT2D eigenvalue weighted by Crippen LogP contribution is 2.35. The van der Waals surface area contributed by atoms with Gasteiger partial charge >= 0.3 is 0 Å². The van der Waals surface area contributed by atoms with Crippen LogP contribution in [0, 0.1) is 18.8 Å². The predicted molar refractivity (Wildman–Crippen MR) is 143 cm³/mol. The Kier molecular flexibility index (Phi) is 4.98. The number of aromatic nitrogens is 2. The summed E-state index contributed by atoms with van der Waals surface area (Å²) in [6, 6.07) is 23.4. The first-order valence-corrected chi connectivity index (χ1v) is 13.0.